The number of benzene rings is 1. The molecule has 4 aromatic rings. The third-order valence-corrected chi connectivity index (χ3v) is 5.39. The summed E-state index contributed by atoms with van der Waals surface area (Å²) in [6.07, 6.45) is 1.50. The van der Waals surface area contributed by atoms with Gasteiger partial charge in [-0.25, -0.2) is 19.7 Å². The van der Waals surface area contributed by atoms with Crippen molar-refractivity contribution in [3.63, 3.8) is 0 Å². The quantitative estimate of drug-likeness (QED) is 0.237. The number of aromatic carboxylic acids is 1. The molecule has 1 aromatic carbocycles. The van der Waals surface area contributed by atoms with Crippen LogP contribution in [0, 0.1) is 6.92 Å². The van der Waals surface area contributed by atoms with Crippen LogP contribution in [0.4, 0.5) is 23.1 Å². The van der Waals surface area contributed by atoms with Crippen LogP contribution in [0.25, 0.3) is 11.3 Å². The van der Waals surface area contributed by atoms with Crippen molar-refractivity contribution >= 4 is 52.3 Å². The molecule has 11 heteroatoms. The second-order valence-corrected chi connectivity index (χ2v) is 8.01. The number of hydrogen-bond donors (Lipinski definition) is 4. The fourth-order valence-electron chi connectivity index (χ4n) is 3.28. The summed E-state index contributed by atoms with van der Waals surface area (Å²) in [5, 5.41) is 19.9. The number of rotatable bonds is 8. The Morgan fingerprint density at radius 3 is 2.65 bits per heavy atom. The first-order valence-electron chi connectivity index (χ1n) is 10.2. The normalized spacial score (nSPS) is 10.7. The van der Waals surface area contributed by atoms with Gasteiger partial charge in [0.2, 0.25) is 0 Å². The van der Waals surface area contributed by atoms with Gasteiger partial charge in [0.25, 0.3) is 0 Å². The van der Waals surface area contributed by atoms with Gasteiger partial charge in [0.15, 0.2) is 11.6 Å². The summed E-state index contributed by atoms with van der Waals surface area (Å²) in [6.45, 7) is 2.03. The Bertz CT molecular complexity index is 1360. The molecule has 0 radical (unpaired) electrons. The number of nitrogens with zero attached hydrogens (tertiary/aromatic N) is 3. The SMILES string of the molecule is CNc1nc(C)nc(Nc2ncccc2C(=O)O)c1NCc1ccc(-c2cc(Cl)ccc2Cl)o1. The lowest BCUT2D eigenvalue weighted by Gasteiger charge is -2.17. The molecular formula is C23H20Cl2N6O3. The van der Waals surface area contributed by atoms with Crippen LogP contribution in [0.15, 0.2) is 53.1 Å². The van der Waals surface area contributed by atoms with E-state index in [9.17, 15) is 9.90 Å². The Morgan fingerprint density at radius 2 is 1.88 bits per heavy atom. The molecular weight excluding hydrogens is 479 g/mol. The number of pyridine rings is 1. The summed E-state index contributed by atoms with van der Waals surface area (Å²) in [6, 6.07) is 11.8. The minimum Gasteiger partial charge on any atom is -0.478 e. The number of anilines is 4. The van der Waals surface area contributed by atoms with Crippen LogP contribution in [0.1, 0.15) is 21.9 Å². The Labute approximate surface area is 205 Å². The van der Waals surface area contributed by atoms with E-state index in [-0.39, 0.29) is 11.4 Å². The fourth-order valence-corrected chi connectivity index (χ4v) is 3.66. The highest BCUT2D eigenvalue weighted by Crippen LogP contribution is 2.33. The molecule has 9 nitrogen and oxygen atoms in total. The van der Waals surface area contributed by atoms with E-state index in [2.05, 4.69) is 30.9 Å². The molecule has 4 rings (SSSR count). The van der Waals surface area contributed by atoms with Gasteiger partial charge in [0, 0.05) is 23.8 Å². The van der Waals surface area contributed by atoms with Gasteiger partial charge in [-0.3, -0.25) is 0 Å². The Hall–Kier alpha value is -3.82. The van der Waals surface area contributed by atoms with Crippen molar-refractivity contribution in [2.75, 3.05) is 23.0 Å². The largest absolute Gasteiger partial charge is 0.478 e. The molecule has 0 unspecified atom stereocenters. The topological polar surface area (TPSA) is 125 Å². The molecule has 0 saturated carbocycles. The van der Waals surface area contributed by atoms with Gasteiger partial charge in [-0.1, -0.05) is 23.2 Å². The molecule has 3 heterocycles. The summed E-state index contributed by atoms with van der Waals surface area (Å²) < 4.78 is 5.96. The lowest BCUT2D eigenvalue weighted by molar-refractivity contribution is 0.0697. The second-order valence-electron chi connectivity index (χ2n) is 7.17. The fraction of sp³-hybridized carbons (Fsp3) is 0.130. The molecule has 0 saturated heterocycles. The average Bonchev–Trinajstić information content (AvgIpc) is 3.28. The van der Waals surface area contributed by atoms with E-state index in [1.54, 1.807) is 38.2 Å². The summed E-state index contributed by atoms with van der Waals surface area (Å²) in [5.41, 5.74) is 1.23. The van der Waals surface area contributed by atoms with Crippen molar-refractivity contribution in [3.05, 3.63) is 75.9 Å². The van der Waals surface area contributed by atoms with Gasteiger partial charge in [-0.2, -0.15) is 0 Å². The maximum Gasteiger partial charge on any atom is 0.339 e. The minimum absolute atomic E-state index is 0.0183. The number of carboxylic acid groups (broad SMARTS) is 1. The van der Waals surface area contributed by atoms with Gasteiger partial charge in [0.1, 0.15) is 34.4 Å². The summed E-state index contributed by atoms with van der Waals surface area (Å²) in [7, 11) is 1.73. The Morgan fingerprint density at radius 1 is 1.09 bits per heavy atom. The van der Waals surface area contributed by atoms with Crippen LogP contribution >= 0.6 is 23.2 Å². The van der Waals surface area contributed by atoms with E-state index in [0.717, 1.165) is 0 Å². The average molecular weight is 499 g/mol. The predicted molar refractivity (Wildman–Crippen MR) is 132 cm³/mol. The third-order valence-electron chi connectivity index (χ3n) is 4.83. The molecule has 0 spiro atoms. The highest BCUT2D eigenvalue weighted by Gasteiger charge is 2.18. The van der Waals surface area contributed by atoms with E-state index in [0.29, 0.717) is 56.8 Å². The third kappa shape index (κ3) is 5.05. The van der Waals surface area contributed by atoms with Crippen LogP contribution < -0.4 is 16.0 Å². The highest BCUT2D eigenvalue weighted by atomic mass is 35.5. The molecule has 4 N–H and O–H groups in total. The number of aryl methyl sites for hydroxylation is 1. The number of carbonyl (C=O) groups is 1. The summed E-state index contributed by atoms with van der Waals surface area (Å²) in [5.74, 6) is 1.64. The van der Waals surface area contributed by atoms with Crippen molar-refractivity contribution in [3.8, 4) is 11.3 Å². The van der Waals surface area contributed by atoms with Gasteiger partial charge < -0.3 is 25.5 Å². The van der Waals surface area contributed by atoms with Crippen LogP contribution in [-0.4, -0.2) is 33.1 Å². The lowest BCUT2D eigenvalue weighted by atomic mass is 10.2. The molecule has 0 amide bonds. The van der Waals surface area contributed by atoms with E-state index in [1.807, 2.05) is 12.1 Å². The van der Waals surface area contributed by atoms with E-state index < -0.39 is 5.97 Å². The number of carboxylic acids is 1. The van der Waals surface area contributed by atoms with Gasteiger partial charge >= 0.3 is 5.97 Å². The molecule has 3 aromatic heterocycles. The summed E-state index contributed by atoms with van der Waals surface area (Å²) >= 11 is 12.4. The summed E-state index contributed by atoms with van der Waals surface area (Å²) in [4.78, 5) is 24.6. The standard InChI is InChI=1S/C23H20Cl2N6O3/c1-12-29-21(26-2)19(22(30-12)31-20-15(23(32)33)4-3-9-27-20)28-11-14-6-8-18(34-14)16-10-13(24)5-7-17(16)25/h3-10,28H,11H2,1-2H3,(H,32,33)(H2,26,27,29,30,31). The minimum atomic E-state index is -1.10. The number of hydrogen-bond acceptors (Lipinski definition) is 8. The van der Waals surface area contributed by atoms with Crippen molar-refractivity contribution in [2.45, 2.75) is 13.5 Å². The number of aromatic nitrogens is 3. The monoisotopic (exact) mass is 498 g/mol. The van der Waals surface area contributed by atoms with Gasteiger partial charge in [-0.15, -0.1) is 0 Å². The van der Waals surface area contributed by atoms with Crippen LogP contribution in [0.3, 0.4) is 0 Å². The maximum atomic E-state index is 11.6. The number of halogens is 2. The lowest BCUT2D eigenvalue weighted by Crippen LogP contribution is -2.12. The van der Waals surface area contributed by atoms with E-state index in [1.165, 1.54) is 12.3 Å². The number of furan rings is 1. The van der Waals surface area contributed by atoms with Gasteiger partial charge in [-0.05, 0) is 49.4 Å². The first-order chi connectivity index (χ1) is 16.4. The molecule has 0 bridgehead atoms. The van der Waals surface area contributed by atoms with Crippen molar-refractivity contribution < 1.29 is 14.3 Å². The van der Waals surface area contributed by atoms with Crippen LogP contribution in [0.2, 0.25) is 10.0 Å². The molecule has 174 valence electrons. The van der Waals surface area contributed by atoms with Crippen molar-refractivity contribution in [1.29, 1.82) is 0 Å². The van der Waals surface area contributed by atoms with Gasteiger partial charge in [0.05, 0.1) is 11.6 Å². The Balaban J connectivity index is 1.62. The zero-order valence-electron chi connectivity index (χ0n) is 18.2. The molecule has 0 atom stereocenters. The number of nitrogens with one attached hydrogen (secondary N) is 3. The molecule has 0 aliphatic carbocycles. The molecule has 0 aliphatic rings. The first-order valence-corrected chi connectivity index (χ1v) is 10.9. The predicted octanol–water partition coefficient (Wildman–Crippen LogP) is 5.84. The maximum absolute atomic E-state index is 11.6. The van der Waals surface area contributed by atoms with E-state index in [4.69, 9.17) is 27.6 Å². The zero-order chi connectivity index (χ0) is 24.2. The molecule has 0 aliphatic heterocycles. The first kappa shape index (κ1) is 23.3. The van der Waals surface area contributed by atoms with Crippen molar-refractivity contribution in [2.24, 2.45) is 0 Å². The van der Waals surface area contributed by atoms with Crippen LogP contribution in [0.5, 0.6) is 0 Å². The molecule has 0 fully saturated rings. The second kappa shape index (κ2) is 9.98. The zero-order valence-corrected chi connectivity index (χ0v) is 19.7. The van der Waals surface area contributed by atoms with Crippen molar-refractivity contribution in [1.82, 2.24) is 15.0 Å². The molecule has 34 heavy (non-hydrogen) atoms. The van der Waals surface area contributed by atoms with Crippen LogP contribution in [-0.2, 0) is 6.54 Å². The Kier molecular flexibility index (Phi) is 6.85. The smallest absolute Gasteiger partial charge is 0.339 e. The highest BCUT2D eigenvalue weighted by molar-refractivity contribution is 6.35. The van der Waals surface area contributed by atoms with E-state index >= 15 is 0 Å².